The topological polar surface area (TPSA) is 58.7 Å². The van der Waals surface area contributed by atoms with E-state index < -0.39 is 0 Å². The van der Waals surface area contributed by atoms with Gasteiger partial charge >= 0.3 is 0 Å². The van der Waals surface area contributed by atoms with Gasteiger partial charge in [0.25, 0.3) is 0 Å². The largest absolute Gasteiger partial charge is 0.409 e. The molecule has 2 aromatic carbocycles. The summed E-state index contributed by atoms with van der Waals surface area (Å²) in [5.74, 6) is 5.54. The van der Waals surface area contributed by atoms with E-state index in [1.54, 1.807) is 36.4 Å². The van der Waals surface area contributed by atoms with E-state index >= 15 is 0 Å². The lowest BCUT2D eigenvalue weighted by Gasteiger charge is -2.18. The Hall–Kier alpha value is -2.04. The summed E-state index contributed by atoms with van der Waals surface area (Å²) < 4.78 is 0. The molecule has 2 rings (SSSR count). The monoisotopic (exact) mass is 216 g/mol. The summed E-state index contributed by atoms with van der Waals surface area (Å²) >= 11 is 0. The van der Waals surface area contributed by atoms with Crippen molar-refractivity contribution in [1.82, 2.24) is 0 Å². The van der Waals surface area contributed by atoms with Gasteiger partial charge in [0, 0.05) is 0 Å². The van der Waals surface area contributed by atoms with E-state index in [2.05, 4.69) is 4.84 Å². The maximum absolute atomic E-state index is 10.0. The number of para-hydroxylation sites is 3. The molecule has 0 atom stereocenters. The van der Waals surface area contributed by atoms with Crippen LogP contribution in [0.3, 0.4) is 0 Å². The molecule has 0 saturated carbocycles. The van der Waals surface area contributed by atoms with Gasteiger partial charge in [-0.1, -0.05) is 30.3 Å². The first-order valence-electron chi connectivity index (χ1n) is 4.83. The van der Waals surface area contributed by atoms with Gasteiger partial charge in [-0.05, 0) is 24.3 Å². The Morgan fingerprint density at radius 3 is 2.25 bits per heavy atom. The number of rotatable bonds is 3. The molecule has 0 bridgehead atoms. The summed E-state index contributed by atoms with van der Waals surface area (Å²) in [4.78, 5) is 4.69. The molecular weight excluding hydrogens is 204 g/mol. The summed E-state index contributed by atoms with van der Waals surface area (Å²) in [5.41, 5.74) is 1.14. The molecular formula is C12H12N2O2. The Kier molecular flexibility index (Phi) is 3.05. The number of nitrogens with two attached hydrogens (primary N) is 1. The van der Waals surface area contributed by atoms with Crippen LogP contribution in [0.25, 0.3) is 0 Å². The Morgan fingerprint density at radius 2 is 1.56 bits per heavy atom. The molecule has 3 N–H and O–H groups in total. The first kappa shape index (κ1) is 10.5. The van der Waals surface area contributed by atoms with Crippen molar-refractivity contribution in [2.75, 3.05) is 5.06 Å². The molecule has 16 heavy (non-hydrogen) atoms. The van der Waals surface area contributed by atoms with Crippen molar-refractivity contribution in [1.29, 1.82) is 0 Å². The lowest BCUT2D eigenvalue weighted by Crippen LogP contribution is -2.13. The molecule has 0 heterocycles. The van der Waals surface area contributed by atoms with E-state index in [-0.39, 0.29) is 0 Å². The van der Waals surface area contributed by atoms with Gasteiger partial charge in [-0.3, -0.25) is 5.21 Å². The van der Waals surface area contributed by atoms with Gasteiger partial charge in [0.05, 0.1) is 5.69 Å². The van der Waals surface area contributed by atoms with Crippen LogP contribution in [0, 0.1) is 0 Å². The van der Waals surface area contributed by atoms with Crippen LogP contribution in [0.2, 0.25) is 0 Å². The fraction of sp³-hybridized carbons (Fsp3) is 0. The van der Waals surface area contributed by atoms with Crippen molar-refractivity contribution in [2.45, 2.75) is 0 Å². The molecule has 0 radical (unpaired) electrons. The second-order valence-electron chi connectivity index (χ2n) is 3.23. The van der Waals surface area contributed by atoms with Crippen molar-refractivity contribution in [3.63, 3.8) is 0 Å². The standard InChI is InChI=1S/C12H12N2O2/c13-16-12-9-5-4-8-11(12)14(15)10-6-2-1-3-7-10/h1-9,15H,13H2. The predicted molar refractivity (Wildman–Crippen MR) is 61.6 cm³/mol. The normalized spacial score (nSPS) is 9.88. The molecule has 2 aromatic rings. The van der Waals surface area contributed by atoms with E-state index in [4.69, 9.17) is 5.90 Å². The highest BCUT2D eigenvalue weighted by Crippen LogP contribution is 2.31. The Balaban J connectivity index is 2.37. The number of anilines is 2. The predicted octanol–water partition coefficient (Wildman–Crippen LogP) is 2.47. The van der Waals surface area contributed by atoms with Crippen LogP contribution in [0.4, 0.5) is 11.4 Å². The van der Waals surface area contributed by atoms with Crippen molar-refractivity contribution in [3.8, 4) is 5.75 Å². The van der Waals surface area contributed by atoms with Crippen LogP contribution < -0.4 is 15.8 Å². The zero-order chi connectivity index (χ0) is 11.4. The van der Waals surface area contributed by atoms with Crippen LogP contribution in [-0.4, -0.2) is 5.21 Å². The fourth-order valence-corrected chi connectivity index (χ4v) is 1.44. The molecule has 4 heteroatoms. The first-order chi connectivity index (χ1) is 7.83. The second kappa shape index (κ2) is 4.65. The number of hydrogen-bond acceptors (Lipinski definition) is 4. The quantitative estimate of drug-likeness (QED) is 0.774. The van der Waals surface area contributed by atoms with Gasteiger partial charge in [0.2, 0.25) is 0 Å². The molecule has 0 amide bonds. The molecule has 0 unspecified atom stereocenters. The highest BCUT2D eigenvalue weighted by Gasteiger charge is 2.10. The molecule has 0 aromatic heterocycles. The van der Waals surface area contributed by atoms with Crippen molar-refractivity contribution >= 4 is 11.4 Å². The zero-order valence-corrected chi connectivity index (χ0v) is 8.58. The maximum Gasteiger partial charge on any atom is 0.172 e. The molecule has 0 aliphatic heterocycles. The van der Waals surface area contributed by atoms with Gasteiger partial charge in [0.15, 0.2) is 5.75 Å². The summed E-state index contributed by atoms with van der Waals surface area (Å²) in [6, 6.07) is 16.1. The third-order valence-electron chi connectivity index (χ3n) is 2.22. The van der Waals surface area contributed by atoms with Gasteiger partial charge in [-0.15, -0.1) is 0 Å². The van der Waals surface area contributed by atoms with Crippen molar-refractivity contribution < 1.29 is 10.0 Å². The van der Waals surface area contributed by atoms with Gasteiger partial charge in [-0.25, -0.2) is 5.06 Å². The highest BCUT2D eigenvalue weighted by atomic mass is 16.6. The first-order valence-corrected chi connectivity index (χ1v) is 4.83. The lowest BCUT2D eigenvalue weighted by molar-refractivity contribution is 0.286. The molecule has 82 valence electrons. The minimum Gasteiger partial charge on any atom is -0.409 e. The van der Waals surface area contributed by atoms with E-state index in [0.717, 1.165) is 5.06 Å². The minimum absolute atomic E-state index is 0.411. The van der Waals surface area contributed by atoms with Crippen LogP contribution in [-0.2, 0) is 0 Å². The Labute approximate surface area is 93.4 Å². The van der Waals surface area contributed by atoms with Crippen molar-refractivity contribution in [2.24, 2.45) is 5.90 Å². The molecule has 0 aliphatic carbocycles. The van der Waals surface area contributed by atoms with Gasteiger partial charge in [0.1, 0.15) is 5.69 Å². The summed E-state index contributed by atoms with van der Waals surface area (Å²) in [6.45, 7) is 0. The van der Waals surface area contributed by atoms with Crippen LogP contribution in [0.5, 0.6) is 5.75 Å². The van der Waals surface area contributed by atoms with Crippen LogP contribution in [0.15, 0.2) is 54.6 Å². The fourth-order valence-electron chi connectivity index (χ4n) is 1.44. The Bertz CT molecular complexity index is 460. The molecule has 0 aliphatic rings. The Morgan fingerprint density at radius 1 is 0.938 bits per heavy atom. The van der Waals surface area contributed by atoms with Crippen molar-refractivity contribution in [3.05, 3.63) is 54.6 Å². The number of benzene rings is 2. The van der Waals surface area contributed by atoms with E-state index in [9.17, 15) is 5.21 Å². The highest BCUT2D eigenvalue weighted by molar-refractivity contribution is 5.66. The second-order valence-corrected chi connectivity index (χ2v) is 3.23. The third kappa shape index (κ3) is 1.98. The summed E-state index contributed by atoms with van der Waals surface area (Å²) in [6.07, 6.45) is 0. The third-order valence-corrected chi connectivity index (χ3v) is 2.22. The molecule has 4 nitrogen and oxygen atoms in total. The van der Waals surface area contributed by atoms with Crippen LogP contribution >= 0.6 is 0 Å². The minimum atomic E-state index is 0.411. The van der Waals surface area contributed by atoms with Crippen LogP contribution in [0.1, 0.15) is 0 Å². The van der Waals surface area contributed by atoms with E-state index in [0.29, 0.717) is 17.1 Å². The van der Waals surface area contributed by atoms with E-state index in [1.165, 1.54) is 0 Å². The molecule has 0 fully saturated rings. The van der Waals surface area contributed by atoms with E-state index in [1.807, 2.05) is 18.2 Å². The van der Waals surface area contributed by atoms with Gasteiger partial charge in [-0.2, -0.15) is 5.90 Å². The average molecular weight is 216 g/mol. The molecule has 0 saturated heterocycles. The zero-order valence-electron chi connectivity index (χ0n) is 8.58. The summed E-state index contributed by atoms with van der Waals surface area (Å²) in [7, 11) is 0. The maximum atomic E-state index is 10.0. The average Bonchev–Trinajstić information content (AvgIpc) is 2.39. The van der Waals surface area contributed by atoms with Gasteiger partial charge < -0.3 is 4.84 Å². The summed E-state index contributed by atoms with van der Waals surface area (Å²) in [5, 5.41) is 11.0. The lowest BCUT2D eigenvalue weighted by atomic mass is 10.2. The number of nitrogens with zero attached hydrogens (tertiary/aromatic N) is 1. The molecule has 0 spiro atoms. The smallest absolute Gasteiger partial charge is 0.172 e. The SMILES string of the molecule is NOc1ccccc1N(O)c1ccccc1. The number of hydrogen-bond donors (Lipinski definition) is 2.